The Bertz CT molecular complexity index is 338. The largest absolute Gasteiger partial charge is 0.492 e. The van der Waals surface area contributed by atoms with E-state index in [2.05, 4.69) is 45.1 Å². The molecule has 1 aromatic rings. The van der Waals surface area contributed by atoms with Gasteiger partial charge in [-0.3, -0.25) is 0 Å². The van der Waals surface area contributed by atoms with Crippen LogP contribution in [0.1, 0.15) is 39.2 Å². The molecular formula is C16H27NO. The number of hydrogen-bond acceptors (Lipinski definition) is 2. The van der Waals surface area contributed by atoms with Crippen LogP contribution >= 0.6 is 0 Å². The van der Waals surface area contributed by atoms with Crippen molar-refractivity contribution in [3.63, 3.8) is 0 Å². The summed E-state index contributed by atoms with van der Waals surface area (Å²) in [6.45, 7) is 10.6. The summed E-state index contributed by atoms with van der Waals surface area (Å²) in [6, 6.07) is 8.69. The van der Waals surface area contributed by atoms with Crippen molar-refractivity contribution in [3.05, 3.63) is 29.8 Å². The third-order valence-electron chi connectivity index (χ3n) is 3.41. The summed E-state index contributed by atoms with van der Waals surface area (Å²) in [5.74, 6) is 1.61. The first kappa shape index (κ1) is 15.0. The standard InChI is InChI=1S/C16H27NO/c1-5-10-17-16(14(4)6-2)12-18-15-9-7-8-13(3)11-15/h7-9,11,14,16-17H,5-6,10,12H2,1-4H3. The lowest BCUT2D eigenvalue weighted by Crippen LogP contribution is -2.40. The number of hydrogen-bond donors (Lipinski definition) is 1. The molecule has 0 heterocycles. The Kier molecular flexibility index (Phi) is 6.81. The lowest BCUT2D eigenvalue weighted by Gasteiger charge is -2.24. The van der Waals surface area contributed by atoms with E-state index in [0.29, 0.717) is 12.0 Å². The van der Waals surface area contributed by atoms with Crippen molar-refractivity contribution in [2.24, 2.45) is 5.92 Å². The zero-order valence-electron chi connectivity index (χ0n) is 12.2. The van der Waals surface area contributed by atoms with Crippen LogP contribution in [0.2, 0.25) is 0 Å². The first-order chi connectivity index (χ1) is 8.67. The Labute approximate surface area is 112 Å². The Balaban J connectivity index is 2.50. The molecule has 0 aromatic heterocycles. The van der Waals surface area contributed by atoms with Crippen LogP contribution in [0.15, 0.2) is 24.3 Å². The fraction of sp³-hybridized carbons (Fsp3) is 0.625. The van der Waals surface area contributed by atoms with Crippen molar-refractivity contribution in [1.29, 1.82) is 0 Å². The molecule has 0 bridgehead atoms. The summed E-state index contributed by atoms with van der Waals surface area (Å²) in [7, 11) is 0. The molecular weight excluding hydrogens is 222 g/mol. The molecule has 1 aromatic carbocycles. The van der Waals surface area contributed by atoms with E-state index in [1.54, 1.807) is 0 Å². The van der Waals surface area contributed by atoms with Gasteiger partial charge in [-0.15, -0.1) is 0 Å². The van der Waals surface area contributed by atoms with Crippen LogP contribution in [-0.4, -0.2) is 19.2 Å². The topological polar surface area (TPSA) is 21.3 Å². The van der Waals surface area contributed by atoms with Gasteiger partial charge in [-0.2, -0.15) is 0 Å². The van der Waals surface area contributed by atoms with Crippen LogP contribution in [0.25, 0.3) is 0 Å². The summed E-state index contributed by atoms with van der Waals surface area (Å²) in [4.78, 5) is 0. The molecule has 18 heavy (non-hydrogen) atoms. The molecule has 0 aliphatic carbocycles. The third kappa shape index (κ3) is 5.09. The molecule has 2 unspecified atom stereocenters. The molecule has 1 rings (SSSR count). The maximum Gasteiger partial charge on any atom is 0.119 e. The van der Waals surface area contributed by atoms with E-state index in [4.69, 9.17) is 4.74 Å². The molecule has 0 fully saturated rings. The second kappa shape index (κ2) is 8.15. The molecule has 0 aliphatic heterocycles. The van der Waals surface area contributed by atoms with Gasteiger partial charge in [0.1, 0.15) is 12.4 Å². The molecule has 2 heteroatoms. The number of ether oxygens (including phenoxy) is 1. The van der Waals surface area contributed by atoms with Gasteiger partial charge in [-0.1, -0.05) is 39.3 Å². The second-order valence-corrected chi connectivity index (χ2v) is 5.07. The van der Waals surface area contributed by atoms with Gasteiger partial charge in [0.2, 0.25) is 0 Å². The van der Waals surface area contributed by atoms with E-state index >= 15 is 0 Å². The summed E-state index contributed by atoms with van der Waals surface area (Å²) < 4.78 is 5.91. The maximum absolute atomic E-state index is 5.91. The lowest BCUT2D eigenvalue weighted by atomic mass is 10.00. The van der Waals surface area contributed by atoms with Crippen molar-refractivity contribution >= 4 is 0 Å². The minimum absolute atomic E-state index is 0.440. The smallest absolute Gasteiger partial charge is 0.119 e. The minimum Gasteiger partial charge on any atom is -0.492 e. The summed E-state index contributed by atoms with van der Waals surface area (Å²) in [6.07, 6.45) is 2.34. The first-order valence-corrected chi connectivity index (χ1v) is 7.10. The highest BCUT2D eigenvalue weighted by atomic mass is 16.5. The van der Waals surface area contributed by atoms with Gasteiger partial charge in [0, 0.05) is 6.04 Å². The molecule has 0 saturated carbocycles. The minimum atomic E-state index is 0.440. The second-order valence-electron chi connectivity index (χ2n) is 5.07. The van der Waals surface area contributed by atoms with E-state index in [0.717, 1.165) is 25.3 Å². The number of rotatable bonds is 8. The molecule has 2 nitrogen and oxygen atoms in total. The van der Waals surface area contributed by atoms with Gasteiger partial charge >= 0.3 is 0 Å². The monoisotopic (exact) mass is 249 g/mol. The Hall–Kier alpha value is -1.02. The molecule has 0 aliphatic rings. The van der Waals surface area contributed by atoms with E-state index in [-0.39, 0.29) is 0 Å². The van der Waals surface area contributed by atoms with Crippen LogP contribution < -0.4 is 10.1 Å². The SMILES string of the molecule is CCCNC(COc1cccc(C)c1)C(C)CC. The fourth-order valence-electron chi connectivity index (χ4n) is 1.93. The molecule has 0 spiro atoms. The van der Waals surface area contributed by atoms with Crippen molar-refractivity contribution in [3.8, 4) is 5.75 Å². The van der Waals surface area contributed by atoms with Crippen LogP contribution in [0.5, 0.6) is 5.75 Å². The van der Waals surface area contributed by atoms with Gasteiger partial charge < -0.3 is 10.1 Å². The van der Waals surface area contributed by atoms with Gasteiger partial charge in [0.25, 0.3) is 0 Å². The Morgan fingerprint density at radius 3 is 2.67 bits per heavy atom. The average molecular weight is 249 g/mol. The molecule has 102 valence electrons. The first-order valence-electron chi connectivity index (χ1n) is 7.10. The molecule has 1 N–H and O–H groups in total. The van der Waals surface area contributed by atoms with Crippen molar-refractivity contribution in [1.82, 2.24) is 5.32 Å². The molecule has 0 radical (unpaired) electrons. The van der Waals surface area contributed by atoms with Crippen LogP contribution in [0, 0.1) is 12.8 Å². The summed E-state index contributed by atoms with van der Waals surface area (Å²) >= 11 is 0. The zero-order chi connectivity index (χ0) is 13.4. The van der Waals surface area contributed by atoms with Crippen molar-refractivity contribution < 1.29 is 4.74 Å². The van der Waals surface area contributed by atoms with E-state index in [9.17, 15) is 0 Å². The predicted molar refractivity (Wildman–Crippen MR) is 78.2 cm³/mol. The van der Waals surface area contributed by atoms with Crippen molar-refractivity contribution in [2.75, 3.05) is 13.2 Å². The molecule has 0 saturated heterocycles. The van der Waals surface area contributed by atoms with E-state index in [1.807, 2.05) is 12.1 Å². The highest BCUT2D eigenvalue weighted by molar-refractivity contribution is 5.27. The molecule has 2 atom stereocenters. The van der Waals surface area contributed by atoms with Gasteiger partial charge in [0.15, 0.2) is 0 Å². The average Bonchev–Trinajstić information content (AvgIpc) is 2.38. The van der Waals surface area contributed by atoms with E-state index in [1.165, 1.54) is 12.0 Å². The van der Waals surface area contributed by atoms with Crippen molar-refractivity contribution in [2.45, 2.75) is 46.6 Å². The van der Waals surface area contributed by atoms with Gasteiger partial charge in [-0.25, -0.2) is 0 Å². The Morgan fingerprint density at radius 2 is 2.06 bits per heavy atom. The predicted octanol–water partition coefficient (Wildman–Crippen LogP) is 3.79. The van der Waals surface area contributed by atoms with Crippen LogP contribution in [0.3, 0.4) is 0 Å². The van der Waals surface area contributed by atoms with E-state index < -0.39 is 0 Å². The van der Waals surface area contributed by atoms with Crippen LogP contribution in [-0.2, 0) is 0 Å². The number of aryl methyl sites for hydroxylation is 1. The third-order valence-corrected chi connectivity index (χ3v) is 3.41. The summed E-state index contributed by atoms with van der Waals surface area (Å²) in [5.41, 5.74) is 1.24. The molecule has 0 amide bonds. The lowest BCUT2D eigenvalue weighted by molar-refractivity contribution is 0.220. The highest BCUT2D eigenvalue weighted by Gasteiger charge is 2.15. The quantitative estimate of drug-likeness (QED) is 0.757. The maximum atomic E-state index is 5.91. The highest BCUT2D eigenvalue weighted by Crippen LogP contribution is 2.15. The fourth-order valence-corrected chi connectivity index (χ4v) is 1.93. The van der Waals surface area contributed by atoms with Gasteiger partial charge in [0.05, 0.1) is 0 Å². The van der Waals surface area contributed by atoms with Crippen LogP contribution in [0.4, 0.5) is 0 Å². The number of benzene rings is 1. The normalized spacial score (nSPS) is 14.2. The van der Waals surface area contributed by atoms with Gasteiger partial charge in [-0.05, 0) is 43.5 Å². The number of nitrogens with one attached hydrogen (secondary N) is 1. The summed E-state index contributed by atoms with van der Waals surface area (Å²) in [5, 5.41) is 3.58. The Morgan fingerprint density at radius 1 is 1.28 bits per heavy atom. The zero-order valence-corrected chi connectivity index (χ0v) is 12.2.